The summed E-state index contributed by atoms with van der Waals surface area (Å²) in [6.45, 7) is 4.72. The predicted octanol–water partition coefficient (Wildman–Crippen LogP) is 5.52. The third-order valence-electron chi connectivity index (χ3n) is 5.09. The smallest absolute Gasteiger partial charge is 0.190 e. The van der Waals surface area contributed by atoms with E-state index in [0.29, 0.717) is 35.8 Å². The molecule has 0 unspecified atom stereocenters. The summed E-state index contributed by atoms with van der Waals surface area (Å²) in [5.74, 6) is 0.130. The lowest BCUT2D eigenvalue weighted by molar-refractivity contribution is 0.0989. The Kier molecular flexibility index (Phi) is 9.58. The monoisotopic (exact) mass is 415 g/mol. The highest BCUT2D eigenvalue weighted by atomic mass is 16.6. The number of carbonyl (C=O) groups is 2. The van der Waals surface area contributed by atoms with E-state index < -0.39 is 0 Å². The van der Waals surface area contributed by atoms with Crippen LogP contribution in [0, 0.1) is 0 Å². The normalized spacial score (nSPS) is 13.4. The third kappa shape index (κ3) is 5.71. The SMILES string of the molecule is CCCCCCCC/C(=N/OCCC)c1cc(OC)c2c(c1OC)C(=O)C=CC2=O. The van der Waals surface area contributed by atoms with Gasteiger partial charge < -0.3 is 14.3 Å². The van der Waals surface area contributed by atoms with Crippen LogP contribution in [-0.2, 0) is 4.84 Å². The molecule has 1 aromatic rings. The molecule has 1 aliphatic carbocycles. The number of unbranched alkanes of at least 4 members (excludes halogenated alkanes) is 5. The minimum atomic E-state index is -0.282. The maximum atomic E-state index is 12.6. The van der Waals surface area contributed by atoms with Crippen LogP contribution in [0.25, 0.3) is 0 Å². The van der Waals surface area contributed by atoms with Crippen molar-refractivity contribution in [3.05, 3.63) is 34.9 Å². The quantitative estimate of drug-likeness (QED) is 0.241. The first kappa shape index (κ1) is 23.6. The zero-order valence-corrected chi connectivity index (χ0v) is 18.6. The van der Waals surface area contributed by atoms with E-state index in [2.05, 4.69) is 12.1 Å². The molecular weight excluding hydrogens is 382 g/mol. The zero-order valence-electron chi connectivity index (χ0n) is 18.6. The fraction of sp³-hybridized carbons (Fsp3) is 0.542. The van der Waals surface area contributed by atoms with Gasteiger partial charge in [-0.1, -0.05) is 51.1 Å². The molecule has 6 heteroatoms. The molecule has 0 aliphatic heterocycles. The number of fused-ring (bicyclic) bond motifs is 1. The summed E-state index contributed by atoms with van der Waals surface area (Å²) in [4.78, 5) is 30.6. The van der Waals surface area contributed by atoms with Gasteiger partial charge in [-0.2, -0.15) is 0 Å². The van der Waals surface area contributed by atoms with Gasteiger partial charge in [-0.05, 0) is 37.5 Å². The molecule has 0 atom stereocenters. The van der Waals surface area contributed by atoms with Gasteiger partial charge in [-0.25, -0.2) is 0 Å². The molecule has 0 spiro atoms. The number of benzene rings is 1. The van der Waals surface area contributed by atoms with Crippen LogP contribution in [-0.4, -0.2) is 38.1 Å². The third-order valence-corrected chi connectivity index (χ3v) is 5.09. The average molecular weight is 416 g/mol. The van der Waals surface area contributed by atoms with Crippen LogP contribution in [0.3, 0.4) is 0 Å². The maximum Gasteiger partial charge on any atom is 0.190 e. The van der Waals surface area contributed by atoms with Crippen LogP contribution in [0.5, 0.6) is 11.5 Å². The summed E-state index contributed by atoms with van der Waals surface area (Å²) < 4.78 is 11.1. The fourth-order valence-corrected chi connectivity index (χ4v) is 3.54. The summed E-state index contributed by atoms with van der Waals surface area (Å²) in [6.07, 6.45) is 11.0. The molecule has 0 heterocycles. The lowest BCUT2D eigenvalue weighted by atomic mass is 9.88. The summed E-state index contributed by atoms with van der Waals surface area (Å²) in [5.41, 5.74) is 1.80. The van der Waals surface area contributed by atoms with E-state index in [0.717, 1.165) is 19.3 Å². The van der Waals surface area contributed by atoms with Crippen LogP contribution < -0.4 is 9.47 Å². The highest BCUT2D eigenvalue weighted by Gasteiger charge is 2.31. The lowest BCUT2D eigenvalue weighted by Crippen LogP contribution is -2.18. The molecule has 30 heavy (non-hydrogen) atoms. The maximum absolute atomic E-state index is 12.6. The van der Waals surface area contributed by atoms with Crippen molar-refractivity contribution in [3.63, 3.8) is 0 Å². The second-order valence-corrected chi connectivity index (χ2v) is 7.36. The van der Waals surface area contributed by atoms with Crippen molar-refractivity contribution in [3.8, 4) is 11.5 Å². The van der Waals surface area contributed by atoms with Gasteiger partial charge in [0.2, 0.25) is 0 Å². The van der Waals surface area contributed by atoms with Gasteiger partial charge in [-0.3, -0.25) is 9.59 Å². The van der Waals surface area contributed by atoms with Crippen LogP contribution in [0.4, 0.5) is 0 Å². The Labute approximate surface area is 179 Å². The highest BCUT2D eigenvalue weighted by molar-refractivity contribution is 6.25. The van der Waals surface area contributed by atoms with Gasteiger partial charge in [0.25, 0.3) is 0 Å². The zero-order chi connectivity index (χ0) is 21.9. The molecule has 0 aromatic heterocycles. The first-order valence-electron chi connectivity index (χ1n) is 10.8. The van der Waals surface area contributed by atoms with Crippen molar-refractivity contribution in [1.82, 2.24) is 0 Å². The number of ether oxygens (including phenoxy) is 2. The molecule has 6 nitrogen and oxygen atoms in total. The van der Waals surface area contributed by atoms with Gasteiger partial charge in [0, 0.05) is 5.56 Å². The van der Waals surface area contributed by atoms with E-state index in [4.69, 9.17) is 14.3 Å². The van der Waals surface area contributed by atoms with Crippen molar-refractivity contribution in [2.45, 2.75) is 65.2 Å². The van der Waals surface area contributed by atoms with Crippen LogP contribution in [0.1, 0.15) is 91.5 Å². The molecule has 0 saturated carbocycles. The molecule has 0 amide bonds. The number of methoxy groups -OCH3 is 2. The number of hydrogen-bond donors (Lipinski definition) is 0. The molecule has 164 valence electrons. The second-order valence-electron chi connectivity index (χ2n) is 7.36. The van der Waals surface area contributed by atoms with Gasteiger partial charge in [0.1, 0.15) is 18.1 Å². The highest BCUT2D eigenvalue weighted by Crippen LogP contribution is 2.38. The molecule has 0 radical (unpaired) electrons. The number of rotatable bonds is 13. The Morgan fingerprint density at radius 3 is 2.17 bits per heavy atom. The predicted molar refractivity (Wildman–Crippen MR) is 118 cm³/mol. The Hall–Kier alpha value is -2.63. The van der Waals surface area contributed by atoms with E-state index in [1.165, 1.54) is 52.1 Å². The fourth-order valence-electron chi connectivity index (χ4n) is 3.54. The second kappa shape index (κ2) is 12.2. The van der Waals surface area contributed by atoms with E-state index in [9.17, 15) is 9.59 Å². The van der Waals surface area contributed by atoms with Gasteiger partial charge in [-0.15, -0.1) is 0 Å². The molecule has 2 rings (SSSR count). The molecule has 0 fully saturated rings. The van der Waals surface area contributed by atoms with Gasteiger partial charge >= 0.3 is 0 Å². The van der Waals surface area contributed by atoms with E-state index in [1.54, 1.807) is 6.07 Å². The molecular formula is C24H33NO5. The van der Waals surface area contributed by atoms with E-state index in [-0.39, 0.29) is 22.7 Å². The minimum absolute atomic E-state index is 0.227. The number of hydrogen-bond acceptors (Lipinski definition) is 6. The minimum Gasteiger partial charge on any atom is -0.496 e. The molecule has 0 N–H and O–H groups in total. The largest absolute Gasteiger partial charge is 0.496 e. The van der Waals surface area contributed by atoms with Crippen molar-refractivity contribution < 1.29 is 23.9 Å². The van der Waals surface area contributed by atoms with Gasteiger partial charge in [0.05, 0.1) is 31.1 Å². The first-order valence-corrected chi connectivity index (χ1v) is 10.8. The molecule has 1 aromatic carbocycles. The number of nitrogens with zero attached hydrogens (tertiary/aromatic N) is 1. The van der Waals surface area contributed by atoms with E-state index in [1.807, 2.05) is 6.92 Å². The number of ketones is 2. The standard InChI is InChI=1S/C24H33NO5/c1-5-7-8-9-10-11-12-18(25-30-15-6-2)17-16-21(28-3)22-19(26)13-14-20(27)23(22)24(17)29-4/h13-14,16H,5-12,15H2,1-4H3/b25-18-. The average Bonchev–Trinajstić information content (AvgIpc) is 2.76. The summed E-state index contributed by atoms with van der Waals surface area (Å²) in [5, 5.41) is 4.36. The lowest BCUT2D eigenvalue weighted by Gasteiger charge is -2.20. The summed E-state index contributed by atoms with van der Waals surface area (Å²) in [7, 11) is 2.98. The van der Waals surface area contributed by atoms with Gasteiger partial charge in [0.15, 0.2) is 11.6 Å². The van der Waals surface area contributed by atoms with Crippen molar-refractivity contribution in [2.24, 2.45) is 5.16 Å². The summed E-state index contributed by atoms with van der Waals surface area (Å²) >= 11 is 0. The number of oxime groups is 1. The Morgan fingerprint density at radius 2 is 1.53 bits per heavy atom. The van der Waals surface area contributed by atoms with Crippen LogP contribution in [0.2, 0.25) is 0 Å². The molecule has 1 aliphatic rings. The van der Waals surface area contributed by atoms with Crippen molar-refractivity contribution in [1.29, 1.82) is 0 Å². The van der Waals surface area contributed by atoms with Crippen molar-refractivity contribution >= 4 is 17.3 Å². The number of carbonyl (C=O) groups excluding carboxylic acids is 2. The summed E-state index contributed by atoms with van der Waals surface area (Å²) in [6, 6.07) is 1.73. The van der Waals surface area contributed by atoms with Crippen LogP contribution >= 0.6 is 0 Å². The van der Waals surface area contributed by atoms with Crippen molar-refractivity contribution in [2.75, 3.05) is 20.8 Å². The van der Waals surface area contributed by atoms with Crippen LogP contribution in [0.15, 0.2) is 23.4 Å². The molecule has 0 bridgehead atoms. The van der Waals surface area contributed by atoms with E-state index >= 15 is 0 Å². The Bertz CT molecular complexity index is 810. The Morgan fingerprint density at radius 1 is 0.867 bits per heavy atom. The Balaban J connectivity index is 2.42. The molecule has 0 saturated heterocycles. The first-order chi connectivity index (χ1) is 14.6. The number of allylic oxidation sites excluding steroid dienone is 2. The topological polar surface area (TPSA) is 74.2 Å².